The predicted octanol–water partition coefficient (Wildman–Crippen LogP) is 4.02. The van der Waals surface area contributed by atoms with Gasteiger partial charge in [0.15, 0.2) is 0 Å². The van der Waals surface area contributed by atoms with Crippen molar-refractivity contribution in [3.05, 3.63) is 42.5 Å². The van der Waals surface area contributed by atoms with Crippen LogP contribution < -0.4 is 15.4 Å². The second-order valence-corrected chi connectivity index (χ2v) is 18.5. The molecule has 4 fully saturated rings. The van der Waals surface area contributed by atoms with E-state index in [4.69, 9.17) is 9.57 Å². The first-order valence-electron chi connectivity index (χ1n) is 17.9. The van der Waals surface area contributed by atoms with Crippen LogP contribution in [0.15, 0.2) is 47.0 Å². The molecule has 4 amide bonds. The molecule has 0 unspecified atom stereocenters. The standard InChI is InChI=1S/C36H49N5O8S2/c1-5-10-22-20-36(22,33(44)40-51(46,47)25-15-16-25)38-31(42)28-19-24(49-39-27-17-18-50-29-14-9-8-13-26(27)29)21-41(28)32(43)30(35(2,3)4)37-34(45)48-23-11-6-7-12-23/h5,8-9,13-14,22-25,28,30H,1,6-7,10-12,15-21H2,2-4H3,(H,37,45)(H,38,42)(H,40,44)/b39-27+/t22-,24-,28+,30-,36-/m1/s1. The summed E-state index contributed by atoms with van der Waals surface area (Å²) in [6.07, 6.45) is 5.85. The highest BCUT2D eigenvalue weighted by atomic mass is 32.2. The molecular formula is C36H49N5O8S2. The Balaban J connectivity index is 1.24. The van der Waals surface area contributed by atoms with Crippen molar-refractivity contribution in [3.8, 4) is 0 Å². The maximum absolute atomic E-state index is 14.5. The van der Waals surface area contributed by atoms with Crippen molar-refractivity contribution in [1.82, 2.24) is 20.3 Å². The van der Waals surface area contributed by atoms with Crippen molar-refractivity contribution in [2.24, 2.45) is 16.5 Å². The van der Waals surface area contributed by atoms with E-state index in [2.05, 4.69) is 27.1 Å². The van der Waals surface area contributed by atoms with Crippen LogP contribution in [0.1, 0.15) is 90.5 Å². The summed E-state index contributed by atoms with van der Waals surface area (Å²) in [6.45, 7) is 9.22. The van der Waals surface area contributed by atoms with E-state index in [-0.39, 0.29) is 31.4 Å². The van der Waals surface area contributed by atoms with Gasteiger partial charge in [-0.05, 0) is 68.8 Å². The van der Waals surface area contributed by atoms with Gasteiger partial charge in [0.1, 0.15) is 29.8 Å². The van der Waals surface area contributed by atoms with Crippen LogP contribution in [-0.4, -0.2) is 90.2 Å². The molecule has 2 heterocycles. The van der Waals surface area contributed by atoms with Crippen molar-refractivity contribution < 1.29 is 37.2 Å². The number of hydrogen-bond donors (Lipinski definition) is 3. The molecule has 0 bridgehead atoms. The SMILES string of the molecule is C=CC[C@@H]1C[C@]1(NC(=O)[C@@H]1C[C@@H](O/N=C2\CCSc3ccccc32)CN1C(=O)[C@@H](NC(=O)OC1CCCC1)C(C)(C)C)C(=O)NS(=O)(=O)C1CC1. The van der Waals surface area contributed by atoms with Crippen molar-refractivity contribution in [1.29, 1.82) is 0 Å². The predicted molar refractivity (Wildman–Crippen MR) is 192 cm³/mol. The number of nitrogens with zero attached hydrogens (tertiary/aromatic N) is 2. The van der Waals surface area contributed by atoms with Gasteiger partial charge in [-0.1, -0.05) is 50.2 Å². The molecular weight excluding hydrogens is 695 g/mol. The normalized spacial score (nSPS) is 27.6. The van der Waals surface area contributed by atoms with E-state index < -0.39 is 68.2 Å². The smallest absolute Gasteiger partial charge is 0.408 e. The lowest BCUT2D eigenvalue weighted by Crippen LogP contribution is -2.60. The van der Waals surface area contributed by atoms with Gasteiger partial charge in [0.25, 0.3) is 5.91 Å². The van der Waals surface area contributed by atoms with E-state index in [0.717, 1.165) is 47.6 Å². The number of carbonyl (C=O) groups excluding carboxylic acids is 4. The molecule has 13 nitrogen and oxygen atoms in total. The average molecular weight is 744 g/mol. The van der Waals surface area contributed by atoms with Crippen LogP contribution in [0.2, 0.25) is 0 Å². The Morgan fingerprint density at radius 3 is 2.53 bits per heavy atom. The van der Waals surface area contributed by atoms with E-state index in [9.17, 15) is 27.6 Å². The molecule has 278 valence electrons. The second-order valence-electron chi connectivity index (χ2n) is 15.4. The number of alkyl carbamates (subject to hydrolysis) is 1. The minimum absolute atomic E-state index is 0.00136. The Morgan fingerprint density at radius 1 is 1.12 bits per heavy atom. The molecule has 1 aromatic rings. The summed E-state index contributed by atoms with van der Waals surface area (Å²) < 4.78 is 33.3. The van der Waals surface area contributed by atoms with Gasteiger partial charge in [0.05, 0.1) is 17.5 Å². The molecule has 51 heavy (non-hydrogen) atoms. The average Bonchev–Trinajstić information content (AvgIpc) is 3.95. The zero-order valence-electron chi connectivity index (χ0n) is 29.5. The number of benzene rings is 1. The highest BCUT2D eigenvalue weighted by molar-refractivity contribution is 7.99. The third-order valence-electron chi connectivity index (χ3n) is 10.4. The Kier molecular flexibility index (Phi) is 10.8. The Morgan fingerprint density at radius 2 is 1.84 bits per heavy atom. The monoisotopic (exact) mass is 743 g/mol. The van der Waals surface area contributed by atoms with E-state index in [1.54, 1.807) is 17.8 Å². The van der Waals surface area contributed by atoms with Gasteiger partial charge in [0, 0.05) is 29.1 Å². The topological polar surface area (TPSA) is 173 Å². The molecule has 6 rings (SSSR count). The third-order valence-corrected chi connectivity index (χ3v) is 13.3. The lowest BCUT2D eigenvalue weighted by Gasteiger charge is -2.35. The van der Waals surface area contributed by atoms with Crippen LogP contribution >= 0.6 is 11.8 Å². The van der Waals surface area contributed by atoms with Crippen LogP contribution in [0.25, 0.3) is 0 Å². The van der Waals surface area contributed by atoms with Crippen molar-refractivity contribution in [2.45, 2.75) is 125 Å². The lowest BCUT2D eigenvalue weighted by molar-refractivity contribution is -0.143. The molecule has 0 spiro atoms. The molecule has 15 heteroatoms. The summed E-state index contributed by atoms with van der Waals surface area (Å²) in [5.74, 6) is -1.44. The fourth-order valence-corrected chi connectivity index (χ4v) is 9.63. The first-order valence-corrected chi connectivity index (χ1v) is 20.5. The molecule has 2 aliphatic heterocycles. The molecule has 3 saturated carbocycles. The van der Waals surface area contributed by atoms with E-state index >= 15 is 0 Å². The summed E-state index contributed by atoms with van der Waals surface area (Å²) in [7, 11) is -3.87. The number of likely N-dealkylation sites (tertiary alicyclic amines) is 1. The largest absolute Gasteiger partial charge is 0.446 e. The van der Waals surface area contributed by atoms with Gasteiger partial charge in [-0.3, -0.25) is 19.1 Å². The number of rotatable bonds is 12. The van der Waals surface area contributed by atoms with Crippen molar-refractivity contribution in [3.63, 3.8) is 0 Å². The molecule has 5 aliphatic rings. The number of amides is 4. The number of thioether (sulfide) groups is 1. The first-order chi connectivity index (χ1) is 24.2. The minimum atomic E-state index is -3.87. The van der Waals surface area contributed by atoms with Gasteiger partial charge in [-0.15, -0.1) is 18.3 Å². The van der Waals surface area contributed by atoms with Crippen LogP contribution in [-0.2, 0) is 34.0 Å². The number of fused-ring (bicyclic) bond motifs is 1. The molecule has 3 N–H and O–H groups in total. The number of allylic oxidation sites excluding steroid dienone is 1. The summed E-state index contributed by atoms with van der Waals surface area (Å²) in [5, 5.41) is 9.52. The number of nitrogens with one attached hydrogen (secondary N) is 3. The van der Waals surface area contributed by atoms with Gasteiger partial charge in [-0.25, -0.2) is 13.2 Å². The molecule has 1 aromatic carbocycles. The van der Waals surface area contributed by atoms with Crippen molar-refractivity contribution in [2.75, 3.05) is 12.3 Å². The van der Waals surface area contributed by atoms with Gasteiger partial charge in [-0.2, -0.15) is 0 Å². The first kappa shape index (κ1) is 37.2. The lowest BCUT2D eigenvalue weighted by atomic mass is 9.85. The van der Waals surface area contributed by atoms with E-state index in [0.29, 0.717) is 25.7 Å². The van der Waals surface area contributed by atoms with Crippen LogP contribution in [0.5, 0.6) is 0 Å². The summed E-state index contributed by atoms with van der Waals surface area (Å²) in [6, 6.07) is 5.78. The molecule has 0 aromatic heterocycles. The second kappa shape index (κ2) is 14.8. The number of hydrogen-bond acceptors (Lipinski definition) is 10. The van der Waals surface area contributed by atoms with Crippen LogP contribution in [0.4, 0.5) is 4.79 Å². The highest BCUT2D eigenvalue weighted by Gasteiger charge is 2.62. The maximum atomic E-state index is 14.5. The third kappa shape index (κ3) is 8.40. The number of ether oxygens (including phenoxy) is 1. The molecule has 3 aliphatic carbocycles. The van der Waals surface area contributed by atoms with Gasteiger partial charge >= 0.3 is 6.09 Å². The molecule has 5 atom stereocenters. The van der Waals surface area contributed by atoms with E-state index in [1.807, 2.05) is 45.0 Å². The Labute approximate surface area is 304 Å². The van der Waals surface area contributed by atoms with Gasteiger partial charge in [0.2, 0.25) is 21.8 Å². The van der Waals surface area contributed by atoms with Gasteiger partial charge < -0.3 is 25.1 Å². The Hall–Kier alpha value is -3.59. The Bertz CT molecular complexity index is 1680. The van der Waals surface area contributed by atoms with Crippen LogP contribution in [0.3, 0.4) is 0 Å². The van der Waals surface area contributed by atoms with Crippen LogP contribution in [0, 0.1) is 11.3 Å². The molecule has 0 radical (unpaired) electrons. The van der Waals surface area contributed by atoms with Crippen molar-refractivity contribution >= 4 is 51.3 Å². The molecule has 1 saturated heterocycles. The fraction of sp³-hybridized carbons (Fsp3) is 0.639. The number of oxime groups is 1. The highest BCUT2D eigenvalue weighted by Crippen LogP contribution is 2.47. The number of carbonyl (C=O) groups is 4. The quantitative estimate of drug-likeness (QED) is 0.211. The summed E-state index contributed by atoms with van der Waals surface area (Å²) in [5.41, 5.74) is -0.490. The van der Waals surface area contributed by atoms with E-state index in [1.165, 1.54) is 4.90 Å². The zero-order valence-corrected chi connectivity index (χ0v) is 31.2. The fourth-order valence-electron chi connectivity index (χ4n) is 7.23. The summed E-state index contributed by atoms with van der Waals surface area (Å²) >= 11 is 1.74. The summed E-state index contributed by atoms with van der Waals surface area (Å²) in [4.78, 5) is 63.8. The number of sulfonamides is 1. The maximum Gasteiger partial charge on any atom is 0.408 e. The minimum Gasteiger partial charge on any atom is -0.446 e. The zero-order chi connectivity index (χ0) is 36.6.